The van der Waals surface area contributed by atoms with Gasteiger partial charge in [-0.2, -0.15) is 0 Å². The van der Waals surface area contributed by atoms with Crippen molar-refractivity contribution >= 4 is 0 Å². The number of ether oxygens (including phenoxy) is 2. The van der Waals surface area contributed by atoms with Gasteiger partial charge in [0, 0.05) is 12.3 Å². The summed E-state index contributed by atoms with van der Waals surface area (Å²) in [6.07, 6.45) is 12.9. The van der Waals surface area contributed by atoms with Crippen LogP contribution >= 0.6 is 0 Å². The normalized spacial score (nSPS) is 62.5. The highest BCUT2D eigenvalue weighted by Gasteiger charge is 2.69. The third-order valence-electron chi connectivity index (χ3n) is 11.9. The summed E-state index contributed by atoms with van der Waals surface area (Å²) in [6, 6.07) is 0. The molecule has 0 radical (unpaired) electrons. The predicted octanol–water partition coefficient (Wildman–Crippen LogP) is 5.79. The van der Waals surface area contributed by atoms with Crippen molar-refractivity contribution < 1.29 is 14.6 Å². The fourth-order valence-corrected chi connectivity index (χ4v) is 10.3. The highest BCUT2D eigenvalue weighted by atomic mass is 16.7. The van der Waals surface area contributed by atoms with Crippen molar-refractivity contribution in [3.8, 4) is 0 Å². The molecule has 6 rings (SSSR count). The molecule has 2 heterocycles. The number of aliphatic hydroxyl groups excluding tert-OH is 1. The smallest absolute Gasteiger partial charge is 0.171 e. The monoisotopic (exact) mass is 416 g/mol. The van der Waals surface area contributed by atoms with E-state index in [1.807, 2.05) is 0 Å². The van der Waals surface area contributed by atoms with Crippen LogP contribution in [0.1, 0.15) is 91.9 Å². The van der Waals surface area contributed by atoms with Gasteiger partial charge in [0.1, 0.15) is 0 Å². The van der Waals surface area contributed by atoms with E-state index < -0.39 is 0 Å². The maximum atomic E-state index is 10.3. The Morgan fingerprint density at radius 3 is 2.40 bits per heavy atom. The maximum absolute atomic E-state index is 10.3. The lowest BCUT2D eigenvalue weighted by Crippen LogP contribution is -2.55. The van der Waals surface area contributed by atoms with E-state index in [1.165, 1.54) is 44.9 Å². The zero-order chi connectivity index (χ0) is 20.9. The van der Waals surface area contributed by atoms with E-state index in [0.717, 1.165) is 49.5 Å². The van der Waals surface area contributed by atoms with Gasteiger partial charge in [-0.25, -0.2) is 0 Å². The maximum Gasteiger partial charge on any atom is 0.171 e. The standard InChI is InChI=1S/C27H44O3/c1-16-7-12-27(29-15-16)17(2)24-23(30-27)14-22-20-6-5-18-13-19(28)8-10-25(18,3)21(20)9-11-26(22,24)4/h16-24,28H,5-15H2,1-4H3/t16?,17-,18?,19-,20?,21-,22-,23-,24-,25-,26-,27+/m0/s1. The molecule has 12 atom stereocenters. The second-order valence-electron chi connectivity index (χ2n) is 13.1. The summed E-state index contributed by atoms with van der Waals surface area (Å²) >= 11 is 0. The van der Waals surface area contributed by atoms with Crippen LogP contribution < -0.4 is 0 Å². The highest BCUT2D eigenvalue weighted by Crippen LogP contribution is 2.71. The summed E-state index contributed by atoms with van der Waals surface area (Å²) < 4.78 is 13.4. The lowest BCUT2D eigenvalue weighted by molar-refractivity contribution is -0.273. The Bertz CT molecular complexity index is 684. The van der Waals surface area contributed by atoms with E-state index >= 15 is 0 Å². The Morgan fingerprint density at radius 1 is 0.833 bits per heavy atom. The van der Waals surface area contributed by atoms with Crippen molar-refractivity contribution in [3.05, 3.63) is 0 Å². The number of rotatable bonds is 0. The van der Waals surface area contributed by atoms with Gasteiger partial charge in [0.25, 0.3) is 0 Å². The van der Waals surface area contributed by atoms with Crippen molar-refractivity contribution in [2.24, 2.45) is 52.3 Å². The molecular weight excluding hydrogens is 372 g/mol. The summed E-state index contributed by atoms with van der Waals surface area (Å²) in [5, 5.41) is 10.3. The minimum atomic E-state index is -0.282. The molecule has 0 aromatic carbocycles. The van der Waals surface area contributed by atoms with Crippen LogP contribution in [0.15, 0.2) is 0 Å². The van der Waals surface area contributed by atoms with Crippen LogP contribution in [0.3, 0.4) is 0 Å². The molecule has 4 saturated carbocycles. The van der Waals surface area contributed by atoms with Gasteiger partial charge in [-0.05, 0) is 104 Å². The van der Waals surface area contributed by atoms with Gasteiger partial charge >= 0.3 is 0 Å². The topological polar surface area (TPSA) is 38.7 Å². The molecule has 0 aromatic rings. The second-order valence-corrected chi connectivity index (χ2v) is 13.1. The molecule has 3 nitrogen and oxygen atoms in total. The molecule has 170 valence electrons. The first-order chi connectivity index (χ1) is 14.3. The van der Waals surface area contributed by atoms with Crippen molar-refractivity contribution in [1.29, 1.82) is 0 Å². The fraction of sp³-hybridized carbons (Fsp3) is 1.00. The zero-order valence-corrected chi connectivity index (χ0v) is 19.7. The fourth-order valence-electron chi connectivity index (χ4n) is 10.3. The summed E-state index contributed by atoms with van der Waals surface area (Å²) in [5.74, 6) is 4.93. The molecule has 2 saturated heterocycles. The molecule has 4 aliphatic carbocycles. The van der Waals surface area contributed by atoms with E-state index in [9.17, 15) is 5.11 Å². The molecule has 0 bridgehead atoms. The van der Waals surface area contributed by atoms with Crippen molar-refractivity contribution in [2.75, 3.05) is 6.61 Å². The summed E-state index contributed by atoms with van der Waals surface area (Å²) in [6.45, 7) is 10.9. The molecule has 30 heavy (non-hydrogen) atoms. The Kier molecular flexibility index (Phi) is 4.58. The Labute approximate surface area is 183 Å². The predicted molar refractivity (Wildman–Crippen MR) is 118 cm³/mol. The van der Waals surface area contributed by atoms with Crippen LogP contribution in [-0.4, -0.2) is 29.7 Å². The first-order valence-electron chi connectivity index (χ1n) is 13.3. The summed E-state index contributed by atoms with van der Waals surface area (Å²) in [7, 11) is 0. The SMILES string of the molecule is CC1CC[C@@]2(OC1)O[C@H]1C[C@H]3C4CCC5C[C@@H](O)CC[C@]5(C)[C@H]4CC[C@]3(C)[C@H]1[C@@H]2C. The van der Waals surface area contributed by atoms with Gasteiger partial charge < -0.3 is 14.6 Å². The van der Waals surface area contributed by atoms with Crippen LogP contribution in [0.4, 0.5) is 0 Å². The molecule has 0 aromatic heterocycles. The van der Waals surface area contributed by atoms with Crippen molar-refractivity contribution in [2.45, 2.75) is 110 Å². The quantitative estimate of drug-likeness (QED) is 0.543. The molecule has 3 heteroatoms. The first kappa shape index (κ1) is 20.5. The number of fused-ring (bicyclic) bond motifs is 7. The lowest BCUT2D eigenvalue weighted by atomic mass is 9.44. The van der Waals surface area contributed by atoms with Crippen LogP contribution in [0.2, 0.25) is 0 Å². The van der Waals surface area contributed by atoms with Gasteiger partial charge in [-0.1, -0.05) is 27.7 Å². The Balaban J connectivity index is 1.26. The molecule has 1 spiro atoms. The van der Waals surface area contributed by atoms with Gasteiger partial charge in [0.05, 0.1) is 18.8 Å². The average Bonchev–Trinajstić information content (AvgIpc) is 3.16. The largest absolute Gasteiger partial charge is 0.393 e. The third kappa shape index (κ3) is 2.61. The molecule has 1 N–H and O–H groups in total. The highest BCUT2D eigenvalue weighted by molar-refractivity contribution is 5.15. The Morgan fingerprint density at radius 2 is 1.63 bits per heavy atom. The van der Waals surface area contributed by atoms with Gasteiger partial charge in [-0.15, -0.1) is 0 Å². The Hall–Kier alpha value is -0.120. The molecule has 6 fully saturated rings. The van der Waals surface area contributed by atoms with E-state index in [4.69, 9.17) is 9.47 Å². The van der Waals surface area contributed by atoms with Crippen molar-refractivity contribution in [1.82, 2.24) is 0 Å². The first-order valence-corrected chi connectivity index (χ1v) is 13.3. The lowest BCUT2D eigenvalue weighted by Gasteiger charge is -2.61. The second kappa shape index (κ2) is 6.70. The van der Waals surface area contributed by atoms with Crippen LogP contribution in [0.5, 0.6) is 0 Å². The third-order valence-corrected chi connectivity index (χ3v) is 11.9. The zero-order valence-electron chi connectivity index (χ0n) is 19.7. The number of hydrogen-bond acceptors (Lipinski definition) is 3. The van der Waals surface area contributed by atoms with E-state index in [1.54, 1.807) is 0 Å². The van der Waals surface area contributed by atoms with Crippen LogP contribution in [0, 0.1) is 52.3 Å². The minimum Gasteiger partial charge on any atom is -0.393 e. The van der Waals surface area contributed by atoms with Gasteiger partial charge in [0.2, 0.25) is 0 Å². The van der Waals surface area contributed by atoms with Crippen molar-refractivity contribution in [3.63, 3.8) is 0 Å². The molecular formula is C27H44O3. The minimum absolute atomic E-state index is 0.0389. The molecule has 2 aliphatic heterocycles. The van der Waals surface area contributed by atoms with Gasteiger partial charge in [-0.3, -0.25) is 0 Å². The molecule has 3 unspecified atom stereocenters. The van der Waals surface area contributed by atoms with Crippen LogP contribution in [0.25, 0.3) is 0 Å². The summed E-state index contributed by atoms with van der Waals surface area (Å²) in [5.41, 5.74) is 0.899. The van der Waals surface area contributed by atoms with Crippen LogP contribution in [-0.2, 0) is 9.47 Å². The summed E-state index contributed by atoms with van der Waals surface area (Å²) in [4.78, 5) is 0. The van der Waals surface area contributed by atoms with E-state index in [2.05, 4.69) is 27.7 Å². The molecule has 0 amide bonds. The van der Waals surface area contributed by atoms with E-state index in [0.29, 0.717) is 34.7 Å². The number of hydrogen-bond donors (Lipinski definition) is 1. The van der Waals surface area contributed by atoms with E-state index in [-0.39, 0.29) is 11.9 Å². The molecule has 6 aliphatic rings. The number of aliphatic hydroxyl groups is 1. The van der Waals surface area contributed by atoms with Gasteiger partial charge in [0.15, 0.2) is 5.79 Å². The average molecular weight is 417 g/mol.